The lowest BCUT2D eigenvalue weighted by Crippen LogP contribution is -2.34. The third kappa shape index (κ3) is 3.95. The molecule has 1 saturated heterocycles. The average Bonchev–Trinajstić information content (AvgIpc) is 3.57. The van der Waals surface area contributed by atoms with Crippen LogP contribution in [-0.2, 0) is 6.54 Å². The van der Waals surface area contributed by atoms with E-state index in [0.29, 0.717) is 24.4 Å². The van der Waals surface area contributed by atoms with Crippen LogP contribution < -0.4 is 11.0 Å². The van der Waals surface area contributed by atoms with Crippen molar-refractivity contribution in [2.24, 2.45) is 0 Å². The lowest BCUT2D eigenvalue weighted by Gasteiger charge is -2.23. The van der Waals surface area contributed by atoms with E-state index in [0.717, 1.165) is 35.3 Å². The Balaban J connectivity index is 1.20. The molecule has 0 spiro atoms. The first-order valence-electron chi connectivity index (χ1n) is 11.7. The number of hydrogen-bond donors (Lipinski definition) is 2. The molecule has 2 amide bonds. The Morgan fingerprint density at radius 1 is 1.14 bits per heavy atom. The van der Waals surface area contributed by atoms with Crippen molar-refractivity contribution in [1.82, 2.24) is 29.0 Å². The minimum Gasteiger partial charge on any atom is -0.340 e. The average molecular weight is 468 g/mol. The lowest BCUT2D eigenvalue weighted by atomic mass is 10.2. The summed E-state index contributed by atoms with van der Waals surface area (Å²) in [5.41, 5.74) is 5.02. The van der Waals surface area contributed by atoms with E-state index in [9.17, 15) is 9.59 Å². The molecule has 6 rings (SSSR count). The molecule has 5 aromatic rings. The molecule has 176 valence electrons. The number of hydrogen-bond acceptors (Lipinski definition) is 4. The first kappa shape index (κ1) is 21.2. The molecular formula is C26H25N7O2. The van der Waals surface area contributed by atoms with Crippen molar-refractivity contribution in [3.63, 3.8) is 0 Å². The van der Waals surface area contributed by atoms with E-state index in [1.54, 1.807) is 18.3 Å². The van der Waals surface area contributed by atoms with Crippen LogP contribution in [0.15, 0.2) is 71.7 Å². The number of aromatic amines is 1. The van der Waals surface area contributed by atoms with Crippen molar-refractivity contribution in [3.05, 3.63) is 94.3 Å². The number of benzene rings is 2. The number of nitrogens with one attached hydrogen (secondary N) is 2. The summed E-state index contributed by atoms with van der Waals surface area (Å²) in [5, 5.41) is 7.42. The number of rotatable bonds is 4. The highest BCUT2D eigenvalue weighted by Crippen LogP contribution is 2.32. The number of pyridine rings is 1. The molecule has 2 aromatic carbocycles. The van der Waals surface area contributed by atoms with Crippen molar-refractivity contribution in [2.75, 3.05) is 11.9 Å². The van der Waals surface area contributed by atoms with Gasteiger partial charge in [-0.3, -0.25) is 4.40 Å². The van der Waals surface area contributed by atoms with Crippen LogP contribution in [0.3, 0.4) is 0 Å². The van der Waals surface area contributed by atoms with E-state index < -0.39 is 0 Å². The Morgan fingerprint density at radius 3 is 2.94 bits per heavy atom. The predicted molar refractivity (Wildman–Crippen MR) is 134 cm³/mol. The van der Waals surface area contributed by atoms with Gasteiger partial charge in [0.1, 0.15) is 5.82 Å². The fraction of sp³-hybridized carbons (Fsp3) is 0.231. The third-order valence-corrected chi connectivity index (χ3v) is 6.48. The Hall–Kier alpha value is -4.40. The smallest absolute Gasteiger partial charge is 0.340 e. The zero-order valence-electron chi connectivity index (χ0n) is 19.3. The third-order valence-electron chi connectivity index (χ3n) is 6.48. The maximum Gasteiger partial charge on any atom is 0.350 e. The molecule has 0 bridgehead atoms. The number of nitrogens with zero attached hydrogens (tertiary/aromatic N) is 5. The van der Waals surface area contributed by atoms with Crippen LogP contribution in [0.2, 0.25) is 0 Å². The molecule has 0 radical (unpaired) electrons. The summed E-state index contributed by atoms with van der Waals surface area (Å²) >= 11 is 0. The zero-order valence-corrected chi connectivity index (χ0v) is 19.3. The van der Waals surface area contributed by atoms with Gasteiger partial charge in [-0.15, -0.1) is 5.10 Å². The number of imidazole rings is 1. The molecular weight excluding hydrogens is 442 g/mol. The molecule has 0 aliphatic carbocycles. The number of H-pyrrole nitrogens is 1. The van der Waals surface area contributed by atoms with E-state index in [-0.39, 0.29) is 17.8 Å². The highest BCUT2D eigenvalue weighted by Gasteiger charge is 2.32. The standard InChI is InChI=1S/C26H25N7O2/c1-17-10-11-20-21(14-17)29-24(28-20)22-8-5-13-31(22)25(34)27-19-7-4-6-18(15-19)16-33-26(35)32-12-3-2-9-23(32)30-33/h2-4,6-7,9-12,14-15,22H,5,8,13,16H2,1H3,(H,27,34)(H,28,29). The van der Waals surface area contributed by atoms with Gasteiger partial charge >= 0.3 is 11.7 Å². The van der Waals surface area contributed by atoms with Gasteiger partial charge in [-0.1, -0.05) is 24.3 Å². The van der Waals surface area contributed by atoms with E-state index in [2.05, 4.69) is 28.4 Å². The van der Waals surface area contributed by atoms with Crippen LogP contribution in [0.1, 0.15) is 35.8 Å². The molecule has 9 nitrogen and oxygen atoms in total. The van der Waals surface area contributed by atoms with Crippen molar-refractivity contribution >= 4 is 28.4 Å². The topological polar surface area (TPSA) is 100 Å². The molecule has 35 heavy (non-hydrogen) atoms. The molecule has 2 N–H and O–H groups in total. The summed E-state index contributed by atoms with van der Waals surface area (Å²) in [4.78, 5) is 35.8. The second-order valence-corrected chi connectivity index (χ2v) is 8.99. The highest BCUT2D eigenvalue weighted by atomic mass is 16.2. The number of carbonyl (C=O) groups excluding carboxylic acids is 1. The predicted octanol–water partition coefficient (Wildman–Crippen LogP) is 4.10. The van der Waals surface area contributed by atoms with Gasteiger partial charge in [-0.2, -0.15) is 0 Å². The monoisotopic (exact) mass is 467 g/mol. The van der Waals surface area contributed by atoms with E-state index in [1.165, 1.54) is 14.6 Å². The number of anilines is 1. The largest absolute Gasteiger partial charge is 0.350 e. The molecule has 9 heteroatoms. The van der Waals surface area contributed by atoms with Crippen molar-refractivity contribution in [2.45, 2.75) is 32.4 Å². The molecule has 1 aliphatic rings. The summed E-state index contributed by atoms with van der Waals surface area (Å²) in [6, 6.07) is 18.8. The highest BCUT2D eigenvalue weighted by molar-refractivity contribution is 5.90. The number of urea groups is 1. The molecule has 1 unspecified atom stereocenters. The Kier molecular flexibility index (Phi) is 5.09. The van der Waals surface area contributed by atoms with Gasteiger partial charge in [0.05, 0.1) is 23.6 Å². The van der Waals surface area contributed by atoms with E-state index in [1.807, 2.05) is 47.4 Å². The lowest BCUT2D eigenvalue weighted by molar-refractivity contribution is 0.205. The summed E-state index contributed by atoms with van der Waals surface area (Å²) in [6.07, 6.45) is 3.49. The van der Waals surface area contributed by atoms with Crippen LogP contribution in [-0.4, -0.2) is 41.6 Å². The van der Waals surface area contributed by atoms with E-state index in [4.69, 9.17) is 4.98 Å². The first-order valence-corrected chi connectivity index (χ1v) is 11.7. The molecule has 1 atom stereocenters. The fourth-order valence-corrected chi connectivity index (χ4v) is 4.78. The van der Waals surface area contributed by atoms with Crippen molar-refractivity contribution in [3.8, 4) is 0 Å². The maximum atomic E-state index is 13.2. The van der Waals surface area contributed by atoms with Crippen molar-refractivity contribution in [1.29, 1.82) is 0 Å². The fourth-order valence-electron chi connectivity index (χ4n) is 4.78. The number of aryl methyl sites for hydroxylation is 1. The molecule has 1 fully saturated rings. The number of aromatic nitrogens is 5. The Bertz CT molecular complexity index is 1610. The van der Waals surface area contributed by atoms with Crippen LogP contribution in [0.25, 0.3) is 16.7 Å². The maximum absolute atomic E-state index is 13.2. The second kappa shape index (κ2) is 8.43. The number of likely N-dealkylation sites (tertiary alicyclic amines) is 1. The van der Waals surface area contributed by atoms with Gasteiger partial charge in [0.25, 0.3) is 0 Å². The minimum atomic E-state index is -0.198. The van der Waals surface area contributed by atoms with Gasteiger partial charge in [-0.25, -0.2) is 19.3 Å². The number of fused-ring (bicyclic) bond motifs is 2. The summed E-state index contributed by atoms with van der Waals surface area (Å²) in [6.45, 7) is 3.03. The Morgan fingerprint density at radius 2 is 2.06 bits per heavy atom. The van der Waals surface area contributed by atoms with Crippen LogP contribution >= 0.6 is 0 Å². The quantitative estimate of drug-likeness (QED) is 0.416. The van der Waals surface area contributed by atoms with Crippen molar-refractivity contribution < 1.29 is 4.79 Å². The molecule has 3 aromatic heterocycles. The Labute approximate surface area is 201 Å². The summed E-state index contributed by atoms with van der Waals surface area (Å²) in [7, 11) is 0. The summed E-state index contributed by atoms with van der Waals surface area (Å²) in [5.74, 6) is 0.818. The van der Waals surface area contributed by atoms with Crippen LogP contribution in [0.5, 0.6) is 0 Å². The molecule has 1 aliphatic heterocycles. The summed E-state index contributed by atoms with van der Waals surface area (Å²) < 4.78 is 2.94. The SMILES string of the molecule is Cc1ccc2nc(C3CCCN3C(=O)Nc3cccc(Cn4nc5ccccn5c4=O)c3)[nH]c2c1. The first-order chi connectivity index (χ1) is 17.0. The van der Waals surface area contributed by atoms with Crippen LogP contribution in [0, 0.1) is 6.92 Å². The number of carbonyl (C=O) groups is 1. The minimum absolute atomic E-state index is 0.0950. The zero-order chi connectivity index (χ0) is 23.9. The number of amides is 2. The van der Waals surface area contributed by atoms with Gasteiger partial charge in [0.2, 0.25) is 0 Å². The molecule has 4 heterocycles. The van der Waals surface area contributed by atoms with Crippen LogP contribution in [0.4, 0.5) is 10.5 Å². The van der Waals surface area contributed by atoms with Gasteiger partial charge in [-0.05, 0) is 67.3 Å². The van der Waals surface area contributed by atoms with Gasteiger partial charge in [0.15, 0.2) is 5.65 Å². The normalized spacial score (nSPS) is 15.8. The van der Waals surface area contributed by atoms with Gasteiger partial charge in [0, 0.05) is 18.4 Å². The van der Waals surface area contributed by atoms with E-state index >= 15 is 0 Å². The second-order valence-electron chi connectivity index (χ2n) is 8.99. The molecule has 0 saturated carbocycles. The van der Waals surface area contributed by atoms with Gasteiger partial charge < -0.3 is 15.2 Å².